The molecular formula is C13H22N2O2. The summed E-state index contributed by atoms with van der Waals surface area (Å²) in [7, 11) is 0. The van der Waals surface area contributed by atoms with Gasteiger partial charge in [-0.2, -0.15) is 0 Å². The van der Waals surface area contributed by atoms with E-state index in [1.165, 1.54) is 0 Å². The predicted octanol–water partition coefficient (Wildman–Crippen LogP) is 3.00. The Hall–Kier alpha value is -1.45. The van der Waals surface area contributed by atoms with E-state index in [0.717, 1.165) is 19.3 Å². The average molecular weight is 238 g/mol. The lowest BCUT2D eigenvalue weighted by atomic mass is 10.3. The average Bonchev–Trinajstić information content (AvgIpc) is 2.66. The first-order chi connectivity index (χ1) is 8.06. The Morgan fingerprint density at radius 2 is 2.18 bits per heavy atom. The van der Waals surface area contributed by atoms with E-state index in [9.17, 15) is 4.79 Å². The van der Waals surface area contributed by atoms with Crippen LogP contribution in [0.25, 0.3) is 0 Å². The van der Waals surface area contributed by atoms with E-state index < -0.39 is 0 Å². The number of nitrogen functional groups attached to an aromatic ring is 1. The van der Waals surface area contributed by atoms with Crippen LogP contribution in [0.4, 0.5) is 5.69 Å². The first-order valence-corrected chi connectivity index (χ1v) is 6.20. The fourth-order valence-electron chi connectivity index (χ4n) is 1.68. The zero-order valence-electron chi connectivity index (χ0n) is 10.9. The molecule has 0 radical (unpaired) electrons. The monoisotopic (exact) mass is 238 g/mol. The lowest BCUT2D eigenvalue weighted by Gasteiger charge is -2.11. The van der Waals surface area contributed by atoms with Gasteiger partial charge in [0.05, 0.1) is 12.3 Å². The molecule has 96 valence electrons. The van der Waals surface area contributed by atoms with Crippen LogP contribution < -0.4 is 5.73 Å². The molecule has 0 spiro atoms. The van der Waals surface area contributed by atoms with E-state index in [0.29, 0.717) is 18.0 Å². The Kier molecular flexibility index (Phi) is 5.07. The number of nitrogens with zero attached hydrogens (tertiary/aromatic N) is 1. The van der Waals surface area contributed by atoms with Gasteiger partial charge in [0, 0.05) is 12.2 Å². The summed E-state index contributed by atoms with van der Waals surface area (Å²) in [5.41, 5.74) is 6.84. The summed E-state index contributed by atoms with van der Waals surface area (Å²) in [6, 6.07) is 1.87. The van der Waals surface area contributed by atoms with Gasteiger partial charge in [-0.05, 0) is 26.3 Å². The van der Waals surface area contributed by atoms with Gasteiger partial charge in [0.1, 0.15) is 5.69 Å². The van der Waals surface area contributed by atoms with E-state index in [1.54, 1.807) is 12.3 Å². The summed E-state index contributed by atoms with van der Waals surface area (Å²) in [4.78, 5) is 11.8. The third kappa shape index (κ3) is 3.80. The second-order valence-corrected chi connectivity index (χ2v) is 4.50. The van der Waals surface area contributed by atoms with Gasteiger partial charge >= 0.3 is 5.97 Å². The molecule has 1 heterocycles. The molecule has 0 aliphatic heterocycles. The highest BCUT2D eigenvalue weighted by molar-refractivity contribution is 5.89. The number of nitrogens with two attached hydrogens (primary N) is 1. The lowest BCUT2D eigenvalue weighted by molar-refractivity contribution is 0.0484. The van der Waals surface area contributed by atoms with Gasteiger partial charge in [-0.3, -0.25) is 0 Å². The molecule has 1 aromatic rings. The molecule has 1 aromatic heterocycles. The van der Waals surface area contributed by atoms with E-state index in [4.69, 9.17) is 10.5 Å². The minimum atomic E-state index is -0.286. The molecule has 1 rings (SSSR count). The number of aromatic nitrogens is 1. The van der Waals surface area contributed by atoms with Crippen molar-refractivity contribution in [3.63, 3.8) is 0 Å². The molecule has 0 unspecified atom stereocenters. The summed E-state index contributed by atoms with van der Waals surface area (Å²) in [5, 5.41) is 0. The first kappa shape index (κ1) is 13.6. The minimum Gasteiger partial charge on any atom is -0.461 e. The molecule has 4 nitrogen and oxygen atoms in total. The van der Waals surface area contributed by atoms with Crippen LogP contribution in [0, 0.1) is 0 Å². The summed E-state index contributed by atoms with van der Waals surface area (Å²) in [6.45, 7) is 6.61. The van der Waals surface area contributed by atoms with Crippen LogP contribution in [0.15, 0.2) is 12.3 Å². The number of anilines is 1. The van der Waals surface area contributed by atoms with Gasteiger partial charge < -0.3 is 15.0 Å². The molecule has 0 saturated carbocycles. The quantitative estimate of drug-likeness (QED) is 0.612. The van der Waals surface area contributed by atoms with Crippen LogP contribution in [-0.2, 0) is 4.74 Å². The van der Waals surface area contributed by atoms with Crippen LogP contribution in [0.3, 0.4) is 0 Å². The van der Waals surface area contributed by atoms with E-state index in [2.05, 4.69) is 6.92 Å². The lowest BCUT2D eigenvalue weighted by Crippen LogP contribution is -2.13. The maximum Gasteiger partial charge on any atom is 0.355 e. The van der Waals surface area contributed by atoms with Crippen LogP contribution in [0.2, 0.25) is 0 Å². The number of carbonyl (C=O) groups excluding carboxylic acids is 1. The van der Waals surface area contributed by atoms with Crippen molar-refractivity contribution in [2.45, 2.75) is 46.1 Å². The zero-order chi connectivity index (χ0) is 12.8. The number of hydrogen-bond acceptors (Lipinski definition) is 3. The van der Waals surface area contributed by atoms with Crippen LogP contribution >= 0.6 is 0 Å². The van der Waals surface area contributed by atoms with Crippen molar-refractivity contribution >= 4 is 11.7 Å². The van der Waals surface area contributed by atoms with E-state index >= 15 is 0 Å². The highest BCUT2D eigenvalue weighted by Gasteiger charge is 2.15. The fraction of sp³-hybridized carbons (Fsp3) is 0.615. The number of esters is 1. The molecule has 0 aromatic carbocycles. The Morgan fingerprint density at radius 3 is 2.76 bits per heavy atom. The number of unbranched alkanes of at least 4 members (excludes halogenated alkanes) is 2. The Balaban J connectivity index is 2.62. The second-order valence-electron chi connectivity index (χ2n) is 4.50. The Morgan fingerprint density at radius 1 is 1.47 bits per heavy atom. The van der Waals surface area contributed by atoms with Crippen molar-refractivity contribution in [2.24, 2.45) is 0 Å². The molecule has 4 heteroatoms. The molecule has 0 aliphatic rings. The summed E-state index contributed by atoms with van der Waals surface area (Å²) < 4.78 is 7.06. The number of rotatable bonds is 6. The third-order valence-electron chi connectivity index (χ3n) is 2.62. The minimum absolute atomic E-state index is 0.200. The molecule has 0 aliphatic carbocycles. The number of ether oxygens (including phenoxy) is 1. The summed E-state index contributed by atoms with van der Waals surface area (Å²) in [6.07, 6.45) is 4.89. The standard InChI is InChI=1S/C13H22N2O2/c1-4-5-6-7-17-13(16)12-8-11(14)9-15(12)10(2)3/h8-10H,4-7,14H2,1-3H3. The van der Waals surface area contributed by atoms with Crippen molar-refractivity contribution < 1.29 is 9.53 Å². The normalized spacial score (nSPS) is 10.8. The molecule has 0 saturated heterocycles. The Labute approximate surface area is 103 Å². The van der Waals surface area contributed by atoms with Gasteiger partial charge in [-0.25, -0.2) is 4.79 Å². The molecular weight excluding hydrogens is 216 g/mol. The second kappa shape index (κ2) is 6.33. The van der Waals surface area contributed by atoms with Gasteiger partial charge in [-0.1, -0.05) is 19.8 Å². The Bertz CT molecular complexity index is 369. The molecule has 2 N–H and O–H groups in total. The van der Waals surface area contributed by atoms with Gasteiger partial charge in [0.25, 0.3) is 0 Å². The van der Waals surface area contributed by atoms with E-state index in [1.807, 2.05) is 18.4 Å². The maximum atomic E-state index is 11.8. The molecule has 0 amide bonds. The van der Waals surface area contributed by atoms with Crippen molar-refractivity contribution in [1.29, 1.82) is 0 Å². The van der Waals surface area contributed by atoms with Crippen LogP contribution in [0.1, 0.15) is 56.6 Å². The van der Waals surface area contributed by atoms with Crippen LogP contribution in [0.5, 0.6) is 0 Å². The van der Waals surface area contributed by atoms with Gasteiger partial charge in [-0.15, -0.1) is 0 Å². The summed E-state index contributed by atoms with van der Waals surface area (Å²) >= 11 is 0. The third-order valence-corrected chi connectivity index (χ3v) is 2.62. The van der Waals surface area contributed by atoms with Crippen molar-refractivity contribution in [1.82, 2.24) is 4.57 Å². The SMILES string of the molecule is CCCCCOC(=O)c1cc(N)cn1C(C)C. The first-order valence-electron chi connectivity index (χ1n) is 6.20. The molecule has 17 heavy (non-hydrogen) atoms. The fourth-order valence-corrected chi connectivity index (χ4v) is 1.68. The largest absolute Gasteiger partial charge is 0.461 e. The molecule has 0 bridgehead atoms. The van der Waals surface area contributed by atoms with E-state index in [-0.39, 0.29) is 12.0 Å². The number of hydrogen-bond donors (Lipinski definition) is 1. The van der Waals surface area contributed by atoms with Crippen molar-refractivity contribution in [3.05, 3.63) is 18.0 Å². The highest BCUT2D eigenvalue weighted by atomic mass is 16.5. The number of carbonyl (C=O) groups is 1. The topological polar surface area (TPSA) is 57.2 Å². The maximum absolute atomic E-state index is 11.8. The van der Waals surface area contributed by atoms with Crippen molar-refractivity contribution in [2.75, 3.05) is 12.3 Å². The van der Waals surface area contributed by atoms with Crippen LogP contribution in [-0.4, -0.2) is 17.1 Å². The predicted molar refractivity (Wildman–Crippen MR) is 69.0 cm³/mol. The van der Waals surface area contributed by atoms with Crippen molar-refractivity contribution in [3.8, 4) is 0 Å². The zero-order valence-corrected chi connectivity index (χ0v) is 10.9. The highest BCUT2D eigenvalue weighted by Crippen LogP contribution is 2.17. The van der Waals surface area contributed by atoms with Gasteiger partial charge in [0.15, 0.2) is 0 Å². The van der Waals surface area contributed by atoms with Gasteiger partial charge in [0.2, 0.25) is 0 Å². The smallest absolute Gasteiger partial charge is 0.355 e. The summed E-state index contributed by atoms with van der Waals surface area (Å²) in [5.74, 6) is -0.286. The molecule has 0 atom stereocenters. The molecule has 0 fully saturated rings.